The third-order valence-electron chi connectivity index (χ3n) is 4.55. The molecule has 0 bridgehead atoms. The van der Waals surface area contributed by atoms with Crippen molar-refractivity contribution in [2.24, 2.45) is 0 Å². The Morgan fingerprint density at radius 3 is 2.46 bits per heavy atom. The number of carbonyl (C=O) groups excluding carboxylic acids is 1. The van der Waals surface area contributed by atoms with Gasteiger partial charge in [0.1, 0.15) is 0 Å². The molecule has 0 aliphatic carbocycles. The molecule has 1 aromatic heterocycles. The Morgan fingerprint density at radius 1 is 1.12 bits per heavy atom. The highest BCUT2D eigenvalue weighted by molar-refractivity contribution is 5.73. The van der Waals surface area contributed by atoms with Crippen molar-refractivity contribution in [1.82, 2.24) is 20.1 Å². The van der Waals surface area contributed by atoms with Crippen molar-refractivity contribution in [2.75, 3.05) is 36.4 Å². The number of piperazine rings is 1. The van der Waals surface area contributed by atoms with Crippen molar-refractivity contribution in [1.29, 1.82) is 0 Å². The number of benzene rings is 1. The summed E-state index contributed by atoms with van der Waals surface area (Å²) in [6.07, 6.45) is 1.63. The number of hydrogen-bond donors (Lipinski definition) is 1. The number of hydrogen-bond acceptors (Lipinski definition) is 6. The van der Waals surface area contributed by atoms with E-state index in [2.05, 4.69) is 52.2 Å². The Kier molecular flexibility index (Phi) is 5.06. The van der Waals surface area contributed by atoms with Crippen LogP contribution in [0.2, 0.25) is 0 Å². The van der Waals surface area contributed by atoms with Gasteiger partial charge in [0.2, 0.25) is 11.9 Å². The molecule has 0 radical (unpaired) electrons. The van der Waals surface area contributed by atoms with Gasteiger partial charge in [-0.05, 0) is 17.0 Å². The standard InChI is InChI=1S/C19H26N6O/c1-14(26)24-9-11-25(12-10-24)18-22-17(13-20-23-18)21-16-8-6-5-7-15(16)19(2,3)4/h5-8,13H,9-12H2,1-4H3,(H,21,22,23). The number of carbonyl (C=O) groups is 1. The SMILES string of the molecule is CC(=O)N1CCN(c2nncc(Nc3ccccc3C(C)(C)C)n2)CC1. The number of anilines is 3. The molecule has 0 saturated carbocycles. The molecule has 2 aromatic rings. The molecule has 3 rings (SSSR count). The van der Waals surface area contributed by atoms with Gasteiger partial charge in [-0.15, -0.1) is 5.10 Å². The predicted molar refractivity (Wildman–Crippen MR) is 103 cm³/mol. The van der Waals surface area contributed by atoms with Crippen molar-refractivity contribution in [3.8, 4) is 0 Å². The van der Waals surface area contributed by atoms with Gasteiger partial charge in [-0.25, -0.2) is 0 Å². The number of para-hydroxylation sites is 1. The Labute approximate surface area is 154 Å². The normalized spacial score (nSPS) is 15.1. The smallest absolute Gasteiger partial charge is 0.247 e. The predicted octanol–water partition coefficient (Wildman–Crippen LogP) is 2.58. The average Bonchev–Trinajstić information content (AvgIpc) is 2.61. The fourth-order valence-electron chi connectivity index (χ4n) is 3.09. The summed E-state index contributed by atoms with van der Waals surface area (Å²) in [7, 11) is 0. The summed E-state index contributed by atoms with van der Waals surface area (Å²) in [5.41, 5.74) is 2.26. The van der Waals surface area contributed by atoms with E-state index in [-0.39, 0.29) is 11.3 Å². The van der Waals surface area contributed by atoms with Crippen LogP contribution in [0.3, 0.4) is 0 Å². The quantitative estimate of drug-likeness (QED) is 0.913. The van der Waals surface area contributed by atoms with Crippen LogP contribution in [0.5, 0.6) is 0 Å². The summed E-state index contributed by atoms with van der Waals surface area (Å²) in [5.74, 6) is 1.37. The van der Waals surface area contributed by atoms with Gasteiger partial charge >= 0.3 is 0 Å². The van der Waals surface area contributed by atoms with Crippen molar-refractivity contribution in [3.63, 3.8) is 0 Å². The van der Waals surface area contributed by atoms with Gasteiger partial charge in [-0.3, -0.25) is 4.79 Å². The van der Waals surface area contributed by atoms with E-state index in [1.54, 1.807) is 13.1 Å². The van der Waals surface area contributed by atoms with Gasteiger partial charge in [0.15, 0.2) is 5.82 Å². The van der Waals surface area contributed by atoms with Crippen molar-refractivity contribution in [2.45, 2.75) is 33.1 Å². The molecule has 7 nitrogen and oxygen atoms in total. The van der Waals surface area contributed by atoms with Crippen LogP contribution in [0.4, 0.5) is 17.5 Å². The largest absolute Gasteiger partial charge is 0.339 e. The zero-order chi connectivity index (χ0) is 18.7. The highest BCUT2D eigenvalue weighted by Gasteiger charge is 2.21. The second kappa shape index (κ2) is 7.27. The number of aromatic nitrogens is 3. The number of nitrogens with zero attached hydrogens (tertiary/aromatic N) is 5. The maximum Gasteiger partial charge on any atom is 0.247 e. The molecule has 138 valence electrons. The molecule has 0 atom stereocenters. The molecule has 0 spiro atoms. The van der Waals surface area contributed by atoms with Crippen LogP contribution in [0.1, 0.15) is 33.3 Å². The van der Waals surface area contributed by atoms with Crippen molar-refractivity contribution >= 4 is 23.4 Å². The summed E-state index contributed by atoms with van der Waals surface area (Å²) in [6, 6.07) is 8.23. The lowest BCUT2D eigenvalue weighted by molar-refractivity contribution is -0.129. The molecule has 1 amide bonds. The first-order chi connectivity index (χ1) is 12.3. The van der Waals surface area contributed by atoms with E-state index in [9.17, 15) is 4.79 Å². The highest BCUT2D eigenvalue weighted by Crippen LogP contribution is 2.30. The van der Waals surface area contributed by atoms with Gasteiger partial charge in [-0.2, -0.15) is 10.1 Å². The molecule has 7 heteroatoms. The van der Waals surface area contributed by atoms with Gasteiger partial charge in [0.05, 0.1) is 6.20 Å². The molecule has 26 heavy (non-hydrogen) atoms. The van der Waals surface area contributed by atoms with Crippen LogP contribution in [0.15, 0.2) is 30.5 Å². The van der Waals surface area contributed by atoms with Gasteiger partial charge < -0.3 is 15.1 Å². The van der Waals surface area contributed by atoms with Crippen molar-refractivity contribution in [3.05, 3.63) is 36.0 Å². The van der Waals surface area contributed by atoms with E-state index in [0.29, 0.717) is 37.9 Å². The van der Waals surface area contributed by atoms with E-state index in [4.69, 9.17) is 0 Å². The van der Waals surface area contributed by atoms with Gasteiger partial charge in [-0.1, -0.05) is 39.0 Å². The number of rotatable bonds is 3. The van der Waals surface area contributed by atoms with Crippen LogP contribution in [-0.4, -0.2) is 52.2 Å². The van der Waals surface area contributed by atoms with Gasteiger partial charge in [0, 0.05) is 38.8 Å². The number of amides is 1. The lowest BCUT2D eigenvalue weighted by atomic mass is 9.86. The first kappa shape index (κ1) is 18.1. The van der Waals surface area contributed by atoms with E-state index in [1.165, 1.54) is 5.56 Å². The third-order valence-corrected chi connectivity index (χ3v) is 4.55. The molecular weight excluding hydrogens is 328 g/mol. The summed E-state index contributed by atoms with van der Waals surface area (Å²) in [6.45, 7) is 11.0. The Balaban J connectivity index is 1.76. The zero-order valence-corrected chi connectivity index (χ0v) is 15.9. The Morgan fingerprint density at radius 2 is 1.81 bits per heavy atom. The molecule has 1 aliphatic heterocycles. The van der Waals surface area contributed by atoms with Crippen molar-refractivity contribution < 1.29 is 4.79 Å². The summed E-state index contributed by atoms with van der Waals surface area (Å²) < 4.78 is 0. The van der Waals surface area contributed by atoms with Gasteiger partial charge in [0.25, 0.3) is 0 Å². The summed E-state index contributed by atoms with van der Waals surface area (Å²) in [4.78, 5) is 20.0. The van der Waals surface area contributed by atoms with E-state index >= 15 is 0 Å². The average molecular weight is 354 g/mol. The fourth-order valence-corrected chi connectivity index (χ4v) is 3.09. The van der Waals surface area contributed by atoms with Crippen LogP contribution in [0.25, 0.3) is 0 Å². The monoisotopic (exact) mass is 354 g/mol. The molecule has 1 N–H and O–H groups in total. The topological polar surface area (TPSA) is 74.2 Å². The third kappa shape index (κ3) is 4.09. The maximum atomic E-state index is 11.5. The maximum absolute atomic E-state index is 11.5. The fraction of sp³-hybridized carbons (Fsp3) is 0.474. The Hall–Kier alpha value is -2.70. The first-order valence-electron chi connectivity index (χ1n) is 8.91. The molecular formula is C19H26N6O. The molecule has 1 aromatic carbocycles. The van der Waals surface area contributed by atoms with Crippen LogP contribution in [-0.2, 0) is 10.2 Å². The molecule has 2 heterocycles. The first-order valence-corrected chi connectivity index (χ1v) is 8.91. The van der Waals surface area contributed by atoms with Crippen LogP contribution >= 0.6 is 0 Å². The zero-order valence-electron chi connectivity index (χ0n) is 15.9. The van der Waals surface area contributed by atoms with E-state index < -0.39 is 0 Å². The lowest BCUT2D eigenvalue weighted by Gasteiger charge is -2.34. The molecule has 1 fully saturated rings. The second-order valence-corrected chi connectivity index (χ2v) is 7.56. The van der Waals surface area contributed by atoms with Crippen LogP contribution in [0, 0.1) is 0 Å². The Bertz CT molecular complexity index is 778. The summed E-state index contributed by atoms with van der Waals surface area (Å²) >= 11 is 0. The van der Waals surface area contributed by atoms with Crippen LogP contribution < -0.4 is 10.2 Å². The second-order valence-electron chi connectivity index (χ2n) is 7.56. The summed E-state index contributed by atoms with van der Waals surface area (Å²) in [5, 5.41) is 11.7. The number of nitrogens with one attached hydrogen (secondary N) is 1. The lowest BCUT2D eigenvalue weighted by Crippen LogP contribution is -2.48. The minimum absolute atomic E-state index is 0.0237. The molecule has 1 aliphatic rings. The highest BCUT2D eigenvalue weighted by atomic mass is 16.2. The minimum Gasteiger partial charge on any atom is -0.339 e. The van der Waals surface area contributed by atoms with E-state index in [0.717, 1.165) is 5.69 Å². The minimum atomic E-state index is 0.0237. The molecule has 1 saturated heterocycles. The molecule has 0 unspecified atom stereocenters. The van der Waals surface area contributed by atoms with E-state index in [1.807, 2.05) is 23.1 Å².